The first-order valence-corrected chi connectivity index (χ1v) is 6.61. The Morgan fingerprint density at radius 1 is 1.32 bits per heavy atom. The Hall–Kier alpha value is -1.62. The van der Waals surface area contributed by atoms with Gasteiger partial charge in [0.2, 0.25) is 0 Å². The zero-order valence-electron chi connectivity index (χ0n) is 12.4. The number of likely N-dealkylation sites (N-methyl/N-ethyl adjacent to an activating group) is 1. The number of nitrogens with one attached hydrogen (secondary N) is 1. The van der Waals surface area contributed by atoms with Gasteiger partial charge in [0.1, 0.15) is 5.52 Å². The molecule has 0 atom stereocenters. The quantitative estimate of drug-likeness (QED) is 0.914. The maximum atomic E-state index is 4.61. The maximum absolute atomic E-state index is 4.61. The topological polar surface area (TPSA) is 45.5 Å². The smallest absolute Gasteiger partial charge is 0.152 e. The number of anilines is 1. The summed E-state index contributed by atoms with van der Waals surface area (Å²) in [5.41, 5.74) is 2.16. The van der Waals surface area contributed by atoms with Crippen molar-refractivity contribution in [2.45, 2.75) is 26.2 Å². The number of aromatic nitrogens is 3. The van der Waals surface area contributed by atoms with Gasteiger partial charge in [-0.15, -0.1) is 0 Å². The minimum Gasteiger partial charge on any atom is -0.367 e. The first kappa shape index (κ1) is 13.8. The van der Waals surface area contributed by atoms with Gasteiger partial charge in [-0.2, -0.15) is 5.10 Å². The van der Waals surface area contributed by atoms with Crippen molar-refractivity contribution in [3.05, 3.63) is 24.2 Å². The minimum absolute atomic E-state index is 0.0485. The van der Waals surface area contributed by atoms with Gasteiger partial charge in [-0.1, -0.05) is 20.8 Å². The highest BCUT2D eigenvalue weighted by atomic mass is 15.2. The molecule has 0 saturated carbocycles. The molecule has 5 nitrogen and oxygen atoms in total. The average molecular weight is 261 g/mol. The molecule has 0 spiro atoms. The fraction of sp³-hybridized carbons (Fsp3) is 0.571. The lowest BCUT2D eigenvalue weighted by molar-refractivity contribution is 0.425. The van der Waals surface area contributed by atoms with Crippen LogP contribution in [0.2, 0.25) is 0 Å². The second-order valence-electron chi connectivity index (χ2n) is 6.12. The summed E-state index contributed by atoms with van der Waals surface area (Å²) in [7, 11) is 4.12. The number of rotatable bonds is 4. The normalized spacial score (nSPS) is 12.3. The van der Waals surface area contributed by atoms with Crippen LogP contribution in [0, 0.1) is 0 Å². The summed E-state index contributed by atoms with van der Waals surface area (Å²) in [5, 5.41) is 7.98. The number of hydrogen-bond donors (Lipinski definition) is 1. The highest BCUT2D eigenvalue weighted by Gasteiger charge is 2.18. The van der Waals surface area contributed by atoms with E-state index in [1.54, 1.807) is 6.20 Å². The van der Waals surface area contributed by atoms with Crippen LogP contribution in [-0.4, -0.2) is 46.7 Å². The lowest BCUT2D eigenvalue weighted by atomic mass is 9.92. The molecule has 0 aliphatic heterocycles. The minimum atomic E-state index is 0.0485. The van der Waals surface area contributed by atoms with Gasteiger partial charge in [0.15, 0.2) is 5.82 Å². The van der Waals surface area contributed by atoms with E-state index in [1.807, 2.05) is 10.7 Å². The van der Waals surface area contributed by atoms with Crippen molar-refractivity contribution >= 4 is 11.3 Å². The van der Waals surface area contributed by atoms with E-state index >= 15 is 0 Å². The van der Waals surface area contributed by atoms with Gasteiger partial charge in [0.05, 0.1) is 5.69 Å². The molecule has 19 heavy (non-hydrogen) atoms. The van der Waals surface area contributed by atoms with Crippen molar-refractivity contribution < 1.29 is 0 Å². The summed E-state index contributed by atoms with van der Waals surface area (Å²) < 4.78 is 1.89. The van der Waals surface area contributed by atoms with Crippen LogP contribution in [0.4, 0.5) is 5.82 Å². The van der Waals surface area contributed by atoms with Gasteiger partial charge in [-0.05, 0) is 20.2 Å². The van der Waals surface area contributed by atoms with Crippen LogP contribution in [0.5, 0.6) is 0 Å². The molecule has 0 unspecified atom stereocenters. The molecule has 5 heteroatoms. The van der Waals surface area contributed by atoms with Gasteiger partial charge in [0.25, 0.3) is 0 Å². The van der Waals surface area contributed by atoms with E-state index in [1.165, 1.54) is 0 Å². The summed E-state index contributed by atoms with van der Waals surface area (Å²) in [6.07, 6.45) is 3.67. The van der Waals surface area contributed by atoms with E-state index in [0.717, 1.165) is 30.1 Å². The SMILES string of the molecule is CN(C)CCNc1nccn2nc(C(C)(C)C)cc12. The van der Waals surface area contributed by atoms with E-state index in [4.69, 9.17) is 0 Å². The van der Waals surface area contributed by atoms with Crippen LogP contribution >= 0.6 is 0 Å². The standard InChI is InChI=1S/C14H23N5/c1-14(2,3)12-10-11-13(15-6-8-18(4)5)16-7-9-19(11)17-12/h7,9-10H,6,8H2,1-5H3,(H,15,16). The lowest BCUT2D eigenvalue weighted by Gasteiger charge is -2.13. The molecule has 0 aliphatic rings. The molecule has 2 aromatic rings. The highest BCUT2D eigenvalue weighted by Crippen LogP contribution is 2.24. The Labute approximate surface area is 114 Å². The molecular formula is C14H23N5. The summed E-state index contributed by atoms with van der Waals surface area (Å²) in [4.78, 5) is 6.55. The molecule has 2 heterocycles. The van der Waals surface area contributed by atoms with Crippen molar-refractivity contribution in [3.63, 3.8) is 0 Å². The number of hydrogen-bond acceptors (Lipinski definition) is 4. The predicted molar refractivity (Wildman–Crippen MR) is 78.7 cm³/mol. The van der Waals surface area contributed by atoms with Gasteiger partial charge < -0.3 is 10.2 Å². The maximum Gasteiger partial charge on any atom is 0.152 e. The molecule has 2 rings (SSSR count). The van der Waals surface area contributed by atoms with Gasteiger partial charge in [-0.25, -0.2) is 9.50 Å². The molecular weight excluding hydrogens is 238 g/mol. The van der Waals surface area contributed by atoms with Crippen molar-refractivity contribution in [2.24, 2.45) is 0 Å². The average Bonchev–Trinajstić information content (AvgIpc) is 2.72. The zero-order chi connectivity index (χ0) is 14.0. The first-order valence-electron chi connectivity index (χ1n) is 6.61. The van der Waals surface area contributed by atoms with Crippen molar-refractivity contribution in [2.75, 3.05) is 32.5 Å². The van der Waals surface area contributed by atoms with Crippen molar-refractivity contribution in [3.8, 4) is 0 Å². The van der Waals surface area contributed by atoms with E-state index in [0.29, 0.717) is 0 Å². The van der Waals surface area contributed by atoms with Crippen LogP contribution in [0.1, 0.15) is 26.5 Å². The second-order valence-corrected chi connectivity index (χ2v) is 6.12. The third-order valence-corrected chi connectivity index (χ3v) is 3.01. The Morgan fingerprint density at radius 2 is 2.05 bits per heavy atom. The van der Waals surface area contributed by atoms with E-state index < -0.39 is 0 Å². The molecule has 0 radical (unpaired) electrons. The summed E-state index contributed by atoms with van der Waals surface area (Å²) in [5.74, 6) is 0.896. The molecule has 2 aromatic heterocycles. The van der Waals surface area contributed by atoms with Gasteiger partial charge >= 0.3 is 0 Å². The Kier molecular flexibility index (Phi) is 3.75. The fourth-order valence-corrected chi connectivity index (χ4v) is 1.82. The van der Waals surface area contributed by atoms with E-state index in [2.05, 4.69) is 61.2 Å². The van der Waals surface area contributed by atoms with Crippen molar-refractivity contribution in [1.82, 2.24) is 19.5 Å². The third kappa shape index (κ3) is 3.23. The molecule has 0 amide bonds. The lowest BCUT2D eigenvalue weighted by Crippen LogP contribution is -2.21. The Balaban J connectivity index is 2.27. The van der Waals surface area contributed by atoms with Crippen LogP contribution in [0.3, 0.4) is 0 Å². The molecule has 1 N–H and O–H groups in total. The first-order chi connectivity index (χ1) is 8.88. The monoisotopic (exact) mass is 261 g/mol. The second kappa shape index (κ2) is 5.17. The van der Waals surface area contributed by atoms with E-state index in [-0.39, 0.29) is 5.41 Å². The Bertz CT molecular complexity index is 550. The number of nitrogens with zero attached hydrogens (tertiary/aromatic N) is 4. The summed E-state index contributed by atoms with van der Waals surface area (Å²) >= 11 is 0. The van der Waals surface area contributed by atoms with Crippen LogP contribution in [-0.2, 0) is 5.41 Å². The molecule has 0 saturated heterocycles. The largest absolute Gasteiger partial charge is 0.367 e. The van der Waals surface area contributed by atoms with Gasteiger partial charge in [0, 0.05) is 30.9 Å². The molecule has 0 aromatic carbocycles. The molecule has 104 valence electrons. The summed E-state index contributed by atoms with van der Waals surface area (Å²) in [6.45, 7) is 8.35. The molecule has 0 aliphatic carbocycles. The molecule has 0 fully saturated rings. The van der Waals surface area contributed by atoms with Gasteiger partial charge in [-0.3, -0.25) is 0 Å². The van der Waals surface area contributed by atoms with Crippen LogP contribution < -0.4 is 5.32 Å². The van der Waals surface area contributed by atoms with Crippen LogP contribution in [0.15, 0.2) is 18.5 Å². The van der Waals surface area contributed by atoms with Crippen molar-refractivity contribution in [1.29, 1.82) is 0 Å². The van der Waals surface area contributed by atoms with Crippen LogP contribution in [0.25, 0.3) is 5.52 Å². The third-order valence-electron chi connectivity index (χ3n) is 3.01. The zero-order valence-corrected chi connectivity index (χ0v) is 12.4. The molecule has 0 bridgehead atoms. The predicted octanol–water partition coefficient (Wildman–Crippen LogP) is 2.00. The fourth-order valence-electron chi connectivity index (χ4n) is 1.82. The van der Waals surface area contributed by atoms with E-state index in [9.17, 15) is 0 Å². The Morgan fingerprint density at radius 3 is 2.68 bits per heavy atom. The highest BCUT2D eigenvalue weighted by molar-refractivity contribution is 5.68. The number of fused-ring (bicyclic) bond motifs is 1. The summed E-state index contributed by atoms with van der Waals surface area (Å²) in [6, 6.07) is 2.12.